The summed E-state index contributed by atoms with van der Waals surface area (Å²) in [4.78, 5) is 19.7. The normalized spacial score (nSPS) is 10.1. The number of nitrogens with zero attached hydrogens (tertiary/aromatic N) is 2. The van der Waals surface area contributed by atoms with Gasteiger partial charge in [-0.25, -0.2) is 14.4 Å². The maximum Gasteiger partial charge on any atom is 0.230 e. The van der Waals surface area contributed by atoms with E-state index in [1.54, 1.807) is 12.4 Å². The molecule has 0 N–H and O–H groups in total. The Labute approximate surface area is 92.0 Å². The Morgan fingerprint density at radius 3 is 2.25 bits per heavy atom. The minimum Gasteiger partial charge on any atom is -0.285 e. The van der Waals surface area contributed by atoms with Crippen LogP contribution in [-0.4, -0.2) is 15.8 Å². The van der Waals surface area contributed by atoms with E-state index < -0.39 is 0 Å². The van der Waals surface area contributed by atoms with Crippen molar-refractivity contribution >= 4 is 5.78 Å². The van der Waals surface area contributed by atoms with Crippen molar-refractivity contribution in [2.45, 2.75) is 6.92 Å². The molecule has 1 aromatic carbocycles. The Hall–Kier alpha value is -2.10. The third-order valence-electron chi connectivity index (χ3n) is 2.09. The van der Waals surface area contributed by atoms with Crippen molar-refractivity contribution in [3.8, 4) is 0 Å². The summed E-state index contributed by atoms with van der Waals surface area (Å²) in [7, 11) is 0. The van der Waals surface area contributed by atoms with E-state index in [1.807, 2.05) is 6.92 Å². The minimum atomic E-state index is -0.374. The Morgan fingerprint density at radius 1 is 1.12 bits per heavy atom. The predicted octanol–water partition coefficient (Wildman–Crippen LogP) is 2.16. The SMILES string of the molecule is Cc1cnc(C(=O)c2ccc(F)cc2)nc1. The number of hydrogen-bond acceptors (Lipinski definition) is 3. The van der Waals surface area contributed by atoms with Crippen LogP contribution in [0.15, 0.2) is 36.7 Å². The summed E-state index contributed by atoms with van der Waals surface area (Å²) in [6.45, 7) is 1.84. The molecular weight excluding hydrogens is 207 g/mol. The van der Waals surface area contributed by atoms with E-state index in [1.165, 1.54) is 24.3 Å². The number of hydrogen-bond donors (Lipinski definition) is 0. The van der Waals surface area contributed by atoms with Crippen molar-refractivity contribution in [2.75, 3.05) is 0 Å². The van der Waals surface area contributed by atoms with Crippen molar-refractivity contribution < 1.29 is 9.18 Å². The van der Waals surface area contributed by atoms with E-state index in [-0.39, 0.29) is 17.4 Å². The highest BCUT2D eigenvalue weighted by Crippen LogP contribution is 2.07. The number of halogens is 1. The zero-order valence-corrected chi connectivity index (χ0v) is 8.64. The maximum atomic E-state index is 12.7. The highest BCUT2D eigenvalue weighted by molar-refractivity contribution is 6.06. The van der Waals surface area contributed by atoms with Crippen LogP contribution >= 0.6 is 0 Å². The zero-order valence-electron chi connectivity index (χ0n) is 8.64. The van der Waals surface area contributed by atoms with Crippen LogP contribution in [0.4, 0.5) is 4.39 Å². The largest absolute Gasteiger partial charge is 0.285 e. The summed E-state index contributed by atoms with van der Waals surface area (Å²) in [6.07, 6.45) is 3.15. The summed E-state index contributed by atoms with van der Waals surface area (Å²) in [5, 5.41) is 0. The number of carbonyl (C=O) groups excluding carboxylic acids is 1. The molecule has 0 aliphatic carbocycles. The van der Waals surface area contributed by atoms with Gasteiger partial charge in [0.1, 0.15) is 5.82 Å². The molecule has 0 unspecified atom stereocenters. The van der Waals surface area contributed by atoms with Gasteiger partial charge in [-0.1, -0.05) is 0 Å². The summed E-state index contributed by atoms with van der Waals surface area (Å²) in [6, 6.07) is 5.31. The van der Waals surface area contributed by atoms with Gasteiger partial charge in [0.2, 0.25) is 11.6 Å². The number of ketones is 1. The number of aryl methyl sites for hydroxylation is 1. The molecule has 1 aromatic heterocycles. The zero-order chi connectivity index (χ0) is 11.5. The first-order valence-electron chi connectivity index (χ1n) is 4.76. The fourth-order valence-electron chi connectivity index (χ4n) is 1.24. The molecule has 0 bridgehead atoms. The van der Waals surface area contributed by atoms with Gasteiger partial charge in [0, 0.05) is 18.0 Å². The van der Waals surface area contributed by atoms with Crippen LogP contribution in [0, 0.1) is 12.7 Å². The molecule has 4 heteroatoms. The molecule has 0 atom stereocenters. The van der Waals surface area contributed by atoms with Gasteiger partial charge in [-0.05, 0) is 36.8 Å². The van der Waals surface area contributed by atoms with Crippen molar-refractivity contribution in [1.82, 2.24) is 9.97 Å². The first-order chi connectivity index (χ1) is 7.66. The minimum absolute atomic E-state index is 0.122. The number of rotatable bonds is 2. The van der Waals surface area contributed by atoms with Crippen LogP contribution in [0.5, 0.6) is 0 Å². The van der Waals surface area contributed by atoms with Crippen molar-refractivity contribution in [3.63, 3.8) is 0 Å². The Kier molecular flexibility index (Phi) is 2.72. The molecule has 16 heavy (non-hydrogen) atoms. The molecular formula is C12H9FN2O. The van der Waals surface area contributed by atoms with Gasteiger partial charge in [-0.2, -0.15) is 0 Å². The molecule has 0 spiro atoms. The van der Waals surface area contributed by atoms with Crippen LogP contribution in [0.25, 0.3) is 0 Å². The molecule has 80 valence electrons. The van der Waals surface area contributed by atoms with Crippen LogP contribution < -0.4 is 0 Å². The van der Waals surface area contributed by atoms with Crippen molar-refractivity contribution in [2.24, 2.45) is 0 Å². The molecule has 2 rings (SSSR count). The number of benzene rings is 1. The molecule has 2 aromatic rings. The van der Waals surface area contributed by atoms with Gasteiger partial charge in [0.05, 0.1) is 0 Å². The predicted molar refractivity (Wildman–Crippen MR) is 56.6 cm³/mol. The molecule has 0 saturated carbocycles. The summed E-state index contributed by atoms with van der Waals surface area (Å²) in [5.41, 5.74) is 1.26. The molecule has 3 nitrogen and oxygen atoms in total. The quantitative estimate of drug-likeness (QED) is 0.722. The standard InChI is InChI=1S/C12H9FN2O/c1-8-6-14-12(15-7-8)11(16)9-2-4-10(13)5-3-9/h2-7H,1H3. The van der Waals surface area contributed by atoms with E-state index >= 15 is 0 Å². The van der Waals surface area contributed by atoms with Gasteiger partial charge in [0.25, 0.3) is 0 Å². The first kappa shape index (κ1) is 10.4. The van der Waals surface area contributed by atoms with Crippen LogP contribution in [0.2, 0.25) is 0 Å². The first-order valence-corrected chi connectivity index (χ1v) is 4.76. The summed E-state index contributed by atoms with van der Waals surface area (Å²) in [5.74, 6) is -0.557. The van der Waals surface area contributed by atoms with Gasteiger partial charge in [-0.3, -0.25) is 4.79 Å². The fourth-order valence-corrected chi connectivity index (χ4v) is 1.24. The molecule has 0 amide bonds. The van der Waals surface area contributed by atoms with Crippen LogP contribution in [0.1, 0.15) is 21.7 Å². The average Bonchev–Trinajstić information content (AvgIpc) is 2.30. The number of carbonyl (C=O) groups is 1. The van der Waals surface area contributed by atoms with E-state index in [2.05, 4.69) is 9.97 Å². The highest BCUT2D eigenvalue weighted by Gasteiger charge is 2.11. The van der Waals surface area contributed by atoms with E-state index in [0.717, 1.165) is 5.56 Å². The molecule has 0 saturated heterocycles. The second-order valence-electron chi connectivity index (χ2n) is 3.42. The molecule has 0 aliphatic heterocycles. The van der Waals surface area contributed by atoms with Gasteiger partial charge in [-0.15, -0.1) is 0 Å². The lowest BCUT2D eigenvalue weighted by atomic mass is 10.1. The molecule has 0 aliphatic rings. The molecule has 0 radical (unpaired) electrons. The lowest BCUT2D eigenvalue weighted by Gasteiger charge is -1.99. The van der Waals surface area contributed by atoms with E-state index in [0.29, 0.717) is 5.56 Å². The Morgan fingerprint density at radius 2 is 1.69 bits per heavy atom. The van der Waals surface area contributed by atoms with E-state index in [4.69, 9.17) is 0 Å². The second-order valence-corrected chi connectivity index (χ2v) is 3.42. The average molecular weight is 216 g/mol. The van der Waals surface area contributed by atoms with Crippen molar-refractivity contribution in [1.29, 1.82) is 0 Å². The Balaban J connectivity index is 2.32. The highest BCUT2D eigenvalue weighted by atomic mass is 19.1. The van der Waals surface area contributed by atoms with Gasteiger partial charge >= 0.3 is 0 Å². The maximum absolute atomic E-state index is 12.7. The molecule has 0 fully saturated rings. The third-order valence-corrected chi connectivity index (χ3v) is 2.09. The second kappa shape index (κ2) is 4.18. The lowest BCUT2D eigenvalue weighted by molar-refractivity contribution is 0.102. The summed E-state index contributed by atoms with van der Waals surface area (Å²) < 4.78 is 12.7. The van der Waals surface area contributed by atoms with Crippen molar-refractivity contribution in [3.05, 3.63) is 59.4 Å². The Bertz CT molecular complexity index is 458. The summed E-state index contributed by atoms with van der Waals surface area (Å²) >= 11 is 0. The van der Waals surface area contributed by atoms with Gasteiger partial charge in [0.15, 0.2) is 0 Å². The van der Waals surface area contributed by atoms with Crippen LogP contribution in [0.3, 0.4) is 0 Å². The number of aromatic nitrogens is 2. The van der Waals surface area contributed by atoms with E-state index in [9.17, 15) is 9.18 Å². The van der Waals surface area contributed by atoms with Crippen LogP contribution in [-0.2, 0) is 0 Å². The topological polar surface area (TPSA) is 42.9 Å². The van der Waals surface area contributed by atoms with Gasteiger partial charge < -0.3 is 0 Å². The third kappa shape index (κ3) is 2.11. The lowest BCUT2D eigenvalue weighted by Crippen LogP contribution is -2.06. The molecule has 1 heterocycles. The smallest absolute Gasteiger partial charge is 0.230 e. The fraction of sp³-hybridized carbons (Fsp3) is 0.0833. The monoisotopic (exact) mass is 216 g/mol.